The van der Waals surface area contributed by atoms with E-state index in [1.165, 1.54) is 6.42 Å². The molecular weight excluding hydrogens is 176 g/mol. The van der Waals surface area contributed by atoms with Crippen LogP contribution in [-0.4, -0.2) is 18.0 Å². The summed E-state index contributed by atoms with van der Waals surface area (Å²) in [6.07, 6.45) is 3.03. The first kappa shape index (κ1) is 11.5. The Bertz CT molecular complexity index is 205. The highest BCUT2D eigenvalue weighted by atomic mass is 16.2. The third-order valence-corrected chi connectivity index (χ3v) is 3.57. The molecule has 0 heterocycles. The highest BCUT2D eigenvalue weighted by Gasteiger charge is 2.31. The van der Waals surface area contributed by atoms with Gasteiger partial charge in [0.05, 0.1) is 6.04 Å². The molecule has 0 aromatic heterocycles. The molecule has 0 saturated heterocycles. The van der Waals surface area contributed by atoms with Crippen molar-refractivity contribution >= 4 is 5.91 Å². The normalized spacial score (nSPS) is 34.1. The van der Waals surface area contributed by atoms with E-state index in [0.29, 0.717) is 18.4 Å². The van der Waals surface area contributed by atoms with Gasteiger partial charge in [0, 0.05) is 6.04 Å². The number of hydrogen-bond donors (Lipinski definition) is 2. The van der Waals surface area contributed by atoms with Gasteiger partial charge in [-0.2, -0.15) is 0 Å². The highest BCUT2D eigenvalue weighted by Crippen LogP contribution is 2.30. The van der Waals surface area contributed by atoms with E-state index in [0.717, 1.165) is 12.3 Å². The predicted octanol–water partition coefficient (Wildman–Crippen LogP) is 1.27. The SMILES string of the molecule is CC[C@H](N)C(=O)NC1CCC(C)C1C. The Kier molecular flexibility index (Phi) is 3.93. The molecule has 1 fully saturated rings. The molecular formula is C11H22N2O. The summed E-state index contributed by atoms with van der Waals surface area (Å²) in [6.45, 7) is 6.39. The van der Waals surface area contributed by atoms with E-state index in [-0.39, 0.29) is 11.9 Å². The van der Waals surface area contributed by atoms with Gasteiger partial charge in [0.15, 0.2) is 0 Å². The monoisotopic (exact) mass is 198 g/mol. The molecule has 3 unspecified atom stereocenters. The third kappa shape index (κ3) is 2.47. The minimum Gasteiger partial charge on any atom is -0.352 e. The van der Waals surface area contributed by atoms with Crippen molar-refractivity contribution in [1.29, 1.82) is 0 Å². The van der Waals surface area contributed by atoms with Gasteiger partial charge in [-0.1, -0.05) is 20.8 Å². The van der Waals surface area contributed by atoms with Gasteiger partial charge < -0.3 is 11.1 Å². The molecule has 1 amide bonds. The van der Waals surface area contributed by atoms with Crippen LogP contribution in [-0.2, 0) is 4.79 Å². The zero-order chi connectivity index (χ0) is 10.7. The van der Waals surface area contributed by atoms with Gasteiger partial charge in [0.2, 0.25) is 5.91 Å². The van der Waals surface area contributed by atoms with E-state index in [9.17, 15) is 4.79 Å². The molecule has 1 rings (SSSR count). The van der Waals surface area contributed by atoms with Crippen LogP contribution in [0.15, 0.2) is 0 Å². The number of nitrogens with one attached hydrogen (secondary N) is 1. The lowest BCUT2D eigenvalue weighted by Crippen LogP contribution is -2.46. The molecule has 0 aromatic rings. The standard InChI is InChI=1S/C11H22N2O/c1-4-9(12)11(14)13-10-6-5-7(2)8(10)3/h7-10H,4-6,12H2,1-3H3,(H,13,14)/t7?,8?,9-,10?/m0/s1. The zero-order valence-electron chi connectivity index (χ0n) is 9.42. The minimum atomic E-state index is -0.335. The summed E-state index contributed by atoms with van der Waals surface area (Å²) in [6, 6.07) is 0.00760. The topological polar surface area (TPSA) is 55.1 Å². The molecule has 1 aliphatic rings. The van der Waals surface area contributed by atoms with Gasteiger partial charge >= 0.3 is 0 Å². The lowest BCUT2D eigenvalue weighted by atomic mass is 9.97. The van der Waals surface area contributed by atoms with Crippen molar-refractivity contribution in [2.75, 3.05) is 0 Å². The summed E-state index contributed by atoms with van der Waals surface area (Å²) in [7, 11) is 0. The Morgan fingerprint density at radius 3 is 2.57 bits per heavy atom. The van der Waals surface area contributed by atoms with Crippen LogP contribution in [0.25, 0.3) is 0 Å². The molecule has 1 aliphatic carbocycles. The first-order valence-electron chi connectivity index (χ1n) is 5.62. The van der Waals surface area contributed by atoms with Crippen molar-refractivity contribution in [3.05, 3.63) is 0 Å². The van der Waals surface area contributed by atoms with E-state index in [4.69, 9.17) is 5.73 Å². The minimum absolute atomic E-state index is 0.0125. The van der Waals surface area contributed by atoms with Crippen LogP contribution >= 0.6 is 0 Å². The Balaban J connectivity index is 2.41. The number of carbonyl (C=O) groups excluding carboxylic acids is 1. The fraction of sp³-hybridized carbons (Fsp3) is 0.909. The lowest BCUT2D eigenvalue weighted by molar-refractivity contribution is -0.123. The van der Waals surface area contributed by atoms with Gasteiger partial charge in [0.25, 0.3) is 0 Å². The van der Waals surface area contributed by atoms with Crippen LogP contribution in [0.2, 0.25) is 0 Å². The number of rotatable bonds is 3. The quantitative estimate of drug-likeness (QED) is 0.717. The number of nitrogens with two attached hydrogens (primary N) is 1. The second-order valence-electron chi connectivity index (χ2n) is 4.54. The third-order valence-electron chi connectivity index (χ3n) is 3.57. The Morgan fingerprint density at radius 1 is 1.50 bits per heavy atom. The Labute approximate surface area is 86.4 Å². The summed E-state index contributed by atoms with van der Waals surface area (Å²) < 4.78 is 0. The maximum Gasteiger partial charge on any atom is 0.237 e. The van der Waals surface area contributed by atoms with E-state index < -0.39 is 0 Å². The van der Waals surface area contributed by atoms with Crippen molar-refractivity contribution in [1.82, 2.24) is 5.32 Å². The molecule has 0 aliphatic heterocycles. The highest BCUT2D eigenvalue weighted by molar-refractivity contribution is 5.81. The number of carbonyl (C=O) groups is 1. The maximum absolute atomic E-state index is 11.5. The van der Waals surface area contributed by atoms with Crippen molar-refractivity contribution in [2.24, 2.45) is 17.6 Å². The Hall–Kier alpha value is -0.570. The first-order chi connectivity index (χ1) is 6.56. The summed E-state index contributed by atoms with van der Waals surface area (Å²) >= 11 is 0. The van der Waals surface area contributed by atoms with Crippen LogP contribution in [0.3, 0.4) is 0 Å². The van der Waals surface area contributed by atoms with Gasteiger partial charge in [-0.05, 0) is 31.1 Å². The summed E-state index contributed by atoms with van der Waals surface area (Å²) in [4.78, 5) is 11.5. The number of hydrogen-bond acceptors (Lipinski definition) is 2. The van der Waals surface area contributed by atoms with E-state index in [1.807, 2.05) is 6.92 Å². The summed E-state index contributed by atoms with van der Waals surface area (Å²) in [5.74, 6) is 1.32. The molecule has 3 heteroatoms. The second-order valence-corrected chi connectivity index (χ2v) is 4.54. The van der Waals surface area contributed by atoms with Gasteiger partial charge in [-0.25, -0.2) is 0 Å². The number of amides is 1. The van der Waals surface area contributed by atoms with Crippen molar-refractivity contribution in [3.63, 3.8) is 0 Å². The molecule has 14 heavy (non-hydrogen) atoms. The summed E-state index contributed by atoms with van der Waals surface area (Å²) in [5.41, 5.74) is 5.66. The van der Waals surface area contributed by atoms with Crippen LogP contribution in [0, 0.1) is 11.8 Å². The molecule has 3 N–H and O–H groups in total. The molecule has 1 saturated carbocycles. The van der Waals surface area contributed by atoms with Gasteiger partial charge in [-0.15, -0.1) is 0 Å². The van der Waals surface area contributed by atoms with Crippen LogP contribution in [0.5, 0.6) is 0 Å². The molecule has 0 radical (unpaired) electrons. The second kappa shape index (κ2) is 4.78. The lowest BCUT2D eigenvalue weighted by Gasteiger charge is -2.21. The van der Waals surface area contributed by atoms with Crippen LogP contribution < -0.4 is 11.1 Å². The fourth-order valence-electron chi connectivity index (χ4n) is 2.04. The molecule has 3 nitrogen and oxygen atoms in total. The molecule has 82 valence electrons. The molecule has 4 atom stereocenters. The first-order valence-corrected chi connectivity index (χ1v) is 5.62. The molecule has 0 aromatic carbocycles. The van der Waals surface area contributed by atoms with Crippen molar-refractivity contribution < 1.29 is 4.79 Å². The Morgan fingerprint density at radius 2 is 2.14 bits per heavy atom. The van der Waals surface area contributed by atoms with Gasteiger partial charge in [-0.3, -0.25) is 4.79 Å². The fourth-order valence-corrected chi connectivity index (χ4v) is 2.04. The van der Waals surface area contributed by atoms with E-state index >= 15 is 0 Å². The van der Waals surface area contributed by atoms with Crippen molar-refractivity contribution in [2.45, 2.75) is 52.1 Å². The predicted molar refractivity (Wildman–Crippen MR) is 57.8 cm³/mol. The van der Waals surface area contributed by atoms with Crippen molar-refractivity contribution in [3.8, 4) is 0 Å². The molecule has 0 bridgehead atoms. The average molecular weight is 198 g/mol. The summed E-state index contributed by atoms with van der Waals surface area (Å²) in [5, 5.41) is 3.05. The van der Waals surface area contributed by atoms with E-state index in [1.54, 1.807) is 0 Å². The average Bonchev–Trinajstić information content (AvgIpc) is 2.48. The van der Waals surface area contributed by atoms with Gasteiger partial charge in [0.1, 0.15) is 0 Å². The molecule has 0 spiro atoms. The maximum atomic E-state index is 11.5. The van der Waals surface area contributed by atoms with Crippen LogP contribution in [0.1, 0.15) is 40.0 Å². The largest absolute Gasteiger partial charge is 0.352 e. The smallest absolute Gasteiger partial charge is 0.237 e. The zero-order valence-corrected chi connectivity index (χ0v) is 9.42. The van der Waals surface area contributed by atoms with Crippen LogP contribution in [0.4, 0.5) is 0 Å². The van der Waals surface area contributed by atoms with E-state index in [2.05, 4.69) is 19.2 Å².